The van der Waals surface area contributed by atoms with E-state index in [9.17, 15) is 9.59 Å². The molecule has 4 heterocycles. The van der Waals surface area contributed by atoms with Crippen molar-refractivity contribution in [2.45, 2.75) is 50.7 Å². The average molecular weight is 383 g/mol. The molecule has 1 aromatic carbocycles. The van der Waals surface area contributed by atoms with E-state index in [0.717, 1.165) is 10.9 Å². The number of para-hydroxylation sites is 1. The number of aromatic nitrogens is 3. The minimum Gasteiger partial charge on any atom is -0.347 e. The number of hydrogen-bond donors (Lipinski definition) is 1. The van der Waals surface area contributed by atoms with E-state index in [-0.39, 0.29) is 12.2 Å². The lowest BCUT2D eigenvalue weighted by Gasteiger charge is -2.25. The van der Waals surface area contributed by atoms with E-state index >= 15 is 0 Å². The quantitative estimate of drug-likeness (QED) is 0.743. The Bertz CT molecular complexity index is 1140. The van der Waals surface area contributed by atoms with E-state index in [4.69, 9.17) is 14.2 Å². The molecule has 2 aromatic heterocycles. The van der Waals surface area contributed by atoms with Crippen LogP contribution in [0, 0.1) is 0 Å². The first-order chi connectivity index (χ1) is 13.4. The van der Waals surface area contributed by atoms with Gasteiger partial charge in [-0.3, -0.25) is 14.3 Å². The van der Waals surface area contributed by atoms with Gasteiger partial charge in [0.1, 0.15) is 18.3 Å². The largest absolute Gasteiger partial charge is 0.347 e. The van der Waals surface area contributed by atoms with Crippen molar-refractivity contribution >= 4 is 10.9 Å². The number of nitrogens with zero attached hydrogens (tertiary/aromatic N) is 2. The van der Waals surface area contributed by atoms with Gasteiger partial charge < -0.3 is 18.8 Å². The van der Waals surface area contributed by atoms with Crippen molar-refractivity contribution in [2.75, 3.05) is 0 Å². The van der Waals surface area contributed by atoms with Gasteiger partial charge in [-0.2, -0.15) is 0 Å². The monoisotopic (exact) mass is 383 g/mol. The number of nitrogens with one attached hydrogen (secondary N) is 1. The summed E-state index contributed by atoms with van der Waals surface area (Å²) < 4.78 is 21.9. The van der Waals surface area contributed by atoms with Crippen molar-refractivity contribution in [3.05, 3.63) is 69.6 Å². The predicted molar refractivity (Wildman–Crippen MR) is 101 cm³/mol. The molecule has 0 amide bonds. The molecule has 0 saturated carbocycles. The Morgan fingerprint density at radius 2 is 1.82 bits per heavy atom. The molecule has 146 valence electrons. The highest BCUT2D eigenvalue weighted by atomic mass is 16.8. The van der Waals surface area contributed by atoms with Crippen molar-refractivity contribution in [2.24, 2.45) is 0 Å². The van der Waals surface area contributed by atoms with Gasteiger partial charge in [-0.25, -0.2) is 4.79 Å². The van der Waals surface area contributed by atoms with Crippen molar-refractivity contribution in [3.8, 4) is 0 Å². The second kappa shape index (κ2) is 6.16. The van der Waals surface area contributed by atoms with E-state index in [0.29, 0.717) is 6.54 Å². The second-order valence-electron chi connectivity index (χ2n) is 7.67. The number of hydrogen-bond acceptors (Lipinski definition) is 5. The van der Waals surface area contributed by atoms with Gasteiger partial charge in [-0.1, -0.05) is 18.2 Å². The van der Waals surface area contributed by atoms with Crippen LogP contribution in [0.4, 0.5) is 0 Å². The smallest absolute Gasteiger partial charge is 0.330 e. The van der Waals surface area contributed by atoms with Gasteiger partial charge in [-0.05, 0) is 31.4 Å². The van der Waals surface area contributed by atoms with E-state index in [1.54, 1.807) is 0 Å². The zero-order valence-electron chi connectivity index (χ0n) is 15.6. The number of ether oxygens (including phenoxy) is 3. The van der Waals surface area contributed by atoms with Gasteiger partial charge in [0.05, 0.1) is 6.54 Å². The maximum absolute atomic E-state index is 12.3. The average Bonchev–Trinajstić information content (AvgIpc) is 3.28. The maximum Gasteiger partial charge on any atom is 0.330 e. The third kappa shape index (κ3) is 2.81. The maximum atomic E-state index is 12.3. The number of benzene rings is 1. The lowest BCUT2D eigenvalue weighted by Crippen LogP contribution is -2.37. The highest BCUT2D eigenvalue weighted by Gasteiger charge is 2.56. The molecule has 0 spiro atoms. The van der Waals surface area contributed by atoms with Crippen LogP contribution in [0.1, 0.15) is 20.1 Å². The lowest BCUT2D eigenvalue weighted by atomic mass is 10.1. The summed E-state index contributed by atoms with van der Waals surface area (Å²) >= 11 is 0. The Balaban J connectivity index is 1.50. The van der Waals surface area contributed by atoms with Crippen molar-refractivity contribution < 1.29 is 14.2 Å². The third-order valence-corrected chi connectivity index (χ3v) is 5.31. The summed E-state index contributed by atoms with van der Waals surface area (Å²) in [6.45, 7) is 4.25. The van der Waals surface area contributed by atoms with Gasteiger partial charge in [0.15, 0.2) is 12.0 Å². The first kappa shape index (κ1) is 17.4. The zero-order valence-corrected chi connectivity index (χ0v) is 15.6. The Morgan fingerprint density at radius 1 is 1.04 bits per heavy atom. The molecule has 0 aliphatic carbocycles. The van der Waals surface area contributed by atoms with Gasteiger partial charge in [-0.15, -0.1) is 0 Å². The lowest BCUT2D eigenvalue weighted by molar-refractivity contribution is -0.198. The summed E-state index contributed by atoms with van der Waals surface area (Å²) in [7, 11) is 0. The van der Waals surface area contributed by atoms with Crippen molar-refractivity contribution in [1.29, 1.82) is 0 Å². The molecular weight excluding hydrogens is 362 g/mol. The normalized spacial score (nSPS) is 28.6. The first-order valence-electron chi connectivity index (χ1n) is 9.28. The highest BCUT2D eigenvalue weighted by Crippen LogP contribution is 2.43. The van der Waals surface area contributed by atoms with Gasteiger partial charge >= 0.3 is 5.69 Å². The van der Waals surface area contributed by atoms with Crippen LogP contribution in [0.25, 0.3) is 10.9 Å². The first-order valence-corrected chi connectivity index (χ1v) is 9.28. The van der Waals surface area contributed by atoms with Crippen LogP contribution in [0.3, 0.4) is 0 Å². The molecule has 8 nitrogen and oxygen atoms in total. The molecule has 2 fully saturated rings. The zero-order chi connectivity index (χ0) is 19.5. The molecule has 5 rings (SSSR count). The highest BCUT2D eigenvalue weighted by molar-refractivity contribution is 5.79. The predicted octanol–water partition coefficient (Wildman–Crippen LogP) is 1.61. The van der Waals surface area contributed by atoms with Crippen LogP contribution < -0.4 is 11.2 Å². The molecule has 2 saturated heterocycles. The summed E-state index contributed by atoms with van der Waals surface area (Å²) in [6, 6.07) is 11.5. The Hall–Kier alpha value is -2.68. The van der Waals surface area contributed by atoms with Crippen molar-refractivity contribution in [3.63, 3.8) is 0 Å². The van der Waals surface area contributed by atoms with Crippen LogP contribution in [-0.4, -0.2) is 38.2 Å². The van der Waals surface area contributed by atoms with Gasteiger partial charge in [0, 0.05) is 24.0 Å². The molecule has 0 unspecified atom stereocenters. The fourth-order valence-corrected chi connectivity index (χ4v) is 4.15. The summed E-state index contributed by atoms with van der Waals surface area (Å²) in [6.07, 6.45) is 1.67. The minimum absolute atomic E-state index is 0.314. The van der Waals surface area contributed by atoms with Gasteiger partial charge in [0.25, 0.3) is 5.56 Å². The second-order valence-corrected chi connectivity index (χ2v) is 7.67. The van der Waals surface area contributed by atoms with Crippen LogP contribution in [0.2, 0.25) is 0 Å². The molecule has 1 N–H and O–H groups in total. The number of H-pyrrole nitrogens is 1. The standard InChI is InChI=1S/C20H21N3O5/c1-20(2)27-16-14(11-22-9-7-12-5-3-4-6-13(12)22)26-18(17(16)28-20)23-10-8-15(24)21-19(23)25/h3-10,14,16-18H,11H2,1-2H3,(H,21,24,25)/t14-,16-,17-,18-/m1/s1. The van der Waals surface area contributed by atoms with E-state index in [1.807, 2.05) is 32.2 Å². The third-order valence-electron chi connectivity index (χ3n) is 5.31. The van der Waals surface area contributed by atoms with Crippen LogP contribution in [-0.2, 0) is 20.8 Å². The Morgan fingerprint density at radius 3 is 2.64 bits per heavy atom. The number of fused-ring (bicyclic) bond motifs is 2. The number of aromatic amines is 1. The van der Waals surface area contributed by atoms with E-state index in [1.165, 1.54) is 16.8 Å². The molecular formula is C20H21N3O5. The van der Waals surface area contributed by atoms with Crippen LogP contribution >= 0.6 is 0 Å². The molecule has 3 aromatic rings. The molecule has 2 aliphatic rings. The molecule has 4 atom stereocenters. The van der Waals surface area contributed by atoms with E-state index < -0.39 is 29.4 Å². The Labute approximate surface area is 160 Å². The van der Waals surface area contributed by atoms with Crippen LogP contribution in [0.5, 0.6) is 0 Å². The molecule has 2 aliphatic heterocycles. The summed E-state index contributed by atoms with van der Waals surface area (Å²) in [5.74, 6) is -0.778. The summed E-state index contributed by atoms with van der Waals surface area (Å²) in [4.78, 5) is 26.0. The SMILES string of the molecule is CC1(C)O[C@@H]2[C@H](O1)[C@@H](Cn1ccc3ccccc31)O[C@H]2n1ccc(=O)[nH]c1=O. The van der Waals surface area contributed by atoms with Crippen LogP contribution in [0.15, 0.2) is 58.4 Å². The molecule has 0 radical (unpaired) electrons. The number of rotatable bonds is 3. The topological polar surface area (TPSA) is 87.5 Å². The molecule has 0 bridgehead atoms. The minimum atomic E-state index is -0.778. The Kier molecular flexibility index (Phi) is 3.84. The fourth-order valence-electron chi connectivity index (χ4n) is 4.15. The molecule has 8 heteroatoms. The summed E-state index contributed by atoms with van der Waals surface area (Å²) in [5.41, 5.74) is 0.122. The summed E-state index contributed by atoms with van der Waals surface area (Å²) in [5, 5.41) is 1.15. The fraction of sp³-hybridized carbons (Fsp3) is 0.400. The van der Waals surface area contributed by atoms with E-state index in [2.05, 4.69) is 27.8 Å². The molecule has 28 heavy (non-hydrogen) atoms. The van der Waals surface area contributed by atoms with Gasteiger partial charge in [0.2, 0.25) is 0 Å². The van der Waals surface area contributed by atoms with Crippen molar-refractivity contribution in [1.82, 2.24) is 14.1 Å².